The highest BCUT2D eigenvalue weighted by Crippen LogP contribution is 2.37. The molecule has 0 bridgehead atoms. The molecule has 3 aromatic carbocycles. The molecule has 168 valence electrons. The molecule has 0 saturated heterocycles. The fourth-order valence-corrected chi connectivity index (χ4v) is 4.36. The second kappa shape index (κ2) is 8.66. The van der Waals surface area contributed by atoms with E-state index in [0.717, 1.165) is 45.7 Å². The van der Waals surface area contributed by atoms with Gasteiger partial charge in [0.05, 0.1) is 19.2 Å². The molecule has 0 saturated carbocycles. The molecule has 5 nitrogen and oxygen atoms in total. The highest BCUT2D eigenvalue weighted by atomic mass is 16.5. The molecule has 1 atom stereocenters. The number of nitrogens with zero attached hydrogens (tertiary/aromatic N) is 1. The summed E-state index contributed by atoms with van der Waals surface area (Å²) in [6.07, 6.45) is 1.11. The largest absolute Gasteiger partial charge is 0.497 e. The normalized spacial score (nSPS) is 14.0. The van der Waals surface area contributed by atoms with Gasteiger partial charge in [0.15, 0.2) is 6.73 Å². The summed E-state index contributed by atoms with van der Waals surface area (Å²) in [5.74, 6) is 2.06. The molecule has 1 aliphatic rings. The minimum atomic E-state index is -0.378. The van der Waals surface area contributed by atoms with E-state index < -0.39 is 0 Å². The minimum absolute atomic E-state index is 0.378. The van der Waals surface area contributed by atoms with Crippen molar-refractivity contribution in [2.75, 3.05) is 18.7 Å². The zero-order chi connectivity index (χ0) is 22.9. The number of fused-ring (bicyclic) bond motifs is 3. The molecule has 0 aliphatic carbocycles. The van der Waals surface area contributed by atoms with E-state index in [1.54, 1.807) is 13.2 Å². The van der Waals surface area contributed by atoms with Crippen molar-refractivity contribution in [1.82, 2.24) is 0 Å². The fourth-order valence-electron chi connectivity index (χ4n) is 4.36. The Hall–Kier alpha value is -3.73. The van der Waals surface area contributed by atoms with Crippen molar-refractivity contribution < 1.29 is 13.9 Å². The van der Waals surface area contributed by atoms with Crippen LogP contribution in [0.5, 0.6) is 11.5 Å². The number of hydrogen-bond acceptors (Lipinski definition) is 5. The molecule has 0 amide bonds. The van der Waals surface area contributed by atoms with Crippen LogP contribution in [-0.4, -0.2) is 13.8 Å². The van der Waals surface area contributed by atoms with Crippen LogP contribution in [0, 0.1) is 0 Å². The molecule has 0 spiro atoms. The van der Waals surface area contributed by atoms with Crippen LogP contribution in [0.15, 0.2) is 75.9 Å². The molecule has 33 heavy (non-hydrogen) atoms. The summed E-state index contributed by atoms with van der Waals surface area (Å²) < 4.78 is 17.1. The molecular weight excluding hydrogens is 414 g/mol. The third-order valence-corrected chi connectivity index (χ3v) is 6.54. The average molecular weight is 442 g/mol. The second-order valence-corrected chi connectivity index (χ2v) is 8.50. The van der Waals surface area contributed by atoms with E-state index in [9.17, 15) is 4.79 Å². The van der Waals surface area contributed by atoms with Crippen molar-refractivity contribution in [1.29, 1.82) is 0 Å². The first-order valence-corrected chi connectivity index (χ1v) is 11.3. The first-order valence-electron chi connectivity index (χ1n) is 11.3. The van der Waals surface area contributed by atoms with Crippen LogP contribution >= 0.6 is 0 Å². The number of rotatable bonds is 5. The minimum Gasteiger partial charge on any atom is -0.497 e. The molecule has 1 unspecified atom stereocenters. The molecule has 5 rings (SSSR count). The van der Waals surface area contributed by atoms with E-state index in [0.29, 0.717) is 24.8 Å². The van der Waals surface area contributed by atoms with Gasteiger partial charge in [0.2, 0.25) is 0 Å². The Balaban J connectivity index is 1.55. The van der Waals surface area contributed by atoms with Crippen molar-refractivity contribution in [3.63, 3.8) is 0 Å². The van der Waals surface area contributed by atoms with Crippen molar-refractivity contribution in [2.24, 2.45) is 0 Å². The molecular formula is C28H27NO4. The molecule has 0 N–H and O–H groups in total. The highest BCUT2D eigenvalue weighted by molar-refractivity contribution is 5.96. The number of hydrogen-bond donors (Lipinski definition) is 0. The lowest BCUT2D eigenvalue weighted by Crippen LogP contribution is -2.32. The third kappa shape index (κ3) is 3.95. The quantitative estimate of drug-likeness (QED) is 0.338. The van der Waals surface area contributed by atoms with Gasteiger partial charge >= 0.3 is 5.63 Å². The van der Waals surface area contributed by atoms with Gasteiger partial charge < -0.3 is 18.8 Å². The summed E-state index contributed by atoms with van der Waals surface area (Å²) in [6.45, 7) is 5.49. The number of anilines is 1. The molecule has 0 fully saturated rings. The topological polar surface area (TPSA) is 51.9 Å². The van der Waals surface area contributed by atoms with E-state index in [1.165, 1.54) is 5.56 Å². The van der Waals surface area contributed by atoms with Crippen molar-refractivity contribution in [2.45, 2.75) is 32.7 Å². The van der Waals surface area contributed by atoms with Crippen LogP contribution in [0.3, 0.4) is 0 Å². The summed E-state index contributed by atoms with van der Waals surface area (Å²) >= 11 is 0. The predicted molar refractivity (Wildman–Crippen MR) is 131 cm³/mol. The average Bonchev–Trinajstić information content (AvgIpc) is 2.87. The lowest BCUT2D eigenvalue weighted by Gasteiger charge is -2.31. The number of methoxy groups -OCH3 is 1. The molecule has 2 heterocycles. The van der Waals surface area contributed by atoms with Gasteiger partial charge in [-0.15, -0.1) is 0 Å². The van der Waals surface area contributed by atoms with Gasteiger partial charge in [0.25, 0.3) is 0 Å². The summed E-state index contributed by atoms with van der Waals surface area (Å²) in [7, 11) is 1.64. The van der Waals surface area contributed by atoms with Crippen molar-refractivity contribution in [3.05, 3.63) is 88.3 Å². The van der Waals surface area contributed by atoms with Crippen molar-refractivity contribution in [3.8, 4) is 22.6 Å². The standard InChI is InChI=1S/C28H27NO4/c1-4-18(2)19-5-9-21(10-6-19)29-16-25-26(32-17-29)14-13-23-24(15-27(30)33-28(23)25)20-7-11-22(31-3)12-8-20/h5-15,18H,4,16-17H2,1-3H3. The smallest absolute Gasteiger partial charge is 0.336 e. The van der Waals surface area contributed by atoms with E-state index in [2.05, 4.69) is 43.0 Å². The molecule has 0 radical (unpaired) electrons. The molecule has 5 heteroatoms. The Bertz CT molecular complexity index is 1340. The van der Waals surface area contributed by atoms with E-state index in [-0.39, 0.29) is 5.63 Å². The highest BCUT2D eigenvalue weighted by Gasteiger charge is 2.23. The Morgan fingerprint density at radius 2 is 1.79 bits per heavy atom. The monoisotopic (exact) mass is 441 g/mol. The van der Waals surface area contributed by atoms with Gasteiger partial charge in [-0.05, 0) is 65.4 Å². The lowest BCUT2D eigenvalue weighted by atomic mass is 9.98. The van der Waals surface area contributed by atoms with Crippen LogP contribution in [0.4, 0.5) is 5.69 Å². The van der Waals surface area contributed by atoms with E-state index in [4.69, 9.17) is 13.9 Å². The predicted octanol–water partition coefficient (Wildman–Crippen LogP) is 6.34. The summed E-state index contributed by atoms with van der Waals surface area (Å²) in [4.78, 5) is 14.7. The first-order chi connectivity index (χ1) is 16.1. The second-order valence-electron chi connectivity index (χ2n) is 8.50. The van der Waals surface area contributed by atoms with Gasteiger partial charge in [0, 0.05) is 17.1 Å². The Labute approximate surface area is 193 Å². The maximum atomic E-state index is 12.5. The first kappa shape index (κ1) is 21.1. The van der Waals surface area contributed by atoms with Gasteiger partial charge in [-0.1, -0.05) is 38.1 Å². The summed E-state index contributed by atoms with van der Waals surface area (Å²) in [5.41, 5.74) is 5.27. The zero-order valence-electron chi connectivity index (χ0n) is 19.1. The zero-order valence-corrected chi connectivity index (χ0v) is 19.1. The van der Waals surface area contributed by atoms with Crippen LogP contribution in [0.2, 0.25) is 0 Å². The summed E-state index contributed by atoms with van der Waals surface area (Å²) in [6, 6.07) is 21.8. The maximum absolute atomic E-state index is 12.5. The van der Waals surface area contributed by atoms with Gasteiger partial charge in [-0.3, -0.25) is 0 Å². The fraction of sp³-hybridized carbons (Fsp3) is 0.250. The van der Waals surface area contributed by atoms with Crippen molar-refractivity contribution >= 4 is 16.7 Å². The number of ether oxygens (including phenoxy) is 2. The molecule has 4 aromatic rings. The summed E-state index contributed by atoms with van der Waals surface area (Å²) in [5, 5.41) is 0.885. The lowest BCUT2D eigenvalue weighted by molar-refractivity contribution is 0.289. The van der Waals surface area contributed by atoms with Gasteiger partial charge in [-0.2, -0.15) is 0 Å². The Kier molecular flexibility index (Phi) is 5.55. The van der Waals surface area contributed by atoms with Gasteiger partial charge in [-0.25, -0.2) is 4.79 Å². The van der Waals surface area contributed by atoms with Crippen LogP contribution < -0.4 is 20.0 Å². The van der Waals surface area contributed by atoms with Crippen LogP contribution in [0.25, 0.3) is 22.1 Å². The van der Waals surface area contributed by atoms with Crippen LogP contribution in [-0.2, 0) is 6.54 Å². The SMILES string of the molecule is CCC(C)c1ccc(N2COc3ccc4c(-c5ccc(OC)cc5)cc(=O)oc4c3C2)cc1. The number of benzene rings is 3. The Morgan fingerprint density at radius 3 is 2.48 bits per heavy atom. The maximum Gasteiger partial charge on any atom is 0.336 e. The van der Waals surface area contributed by atoms with Gasteiger partial charge in [0.1, 0.15) is 17.1 Å². The van der Waals surface area contributed by atoms with Crippen LogP contribution in [0.1, 0.15) is 37.3 Å². The molecule has 1 aliphatic heterocycles. The van der Waals surface area contributed by atoms with E-state index >= 15 is 0 Å². The third-order valence-electron chi connectivity index (χ3n) is 6.54. The van der Waals surface area contributed by atoms with E-state index in [1.807, 2.05) is 36.4 Å². The Morgan fingerprint density at radius 1 is 1.03 bits per heavy atom. The molecule has 1 aromatic heterocycles.